The Morgan fingerprint density at radius 1 is 0.872 bits per heavy atom. The summed E-state index contributed by atoms with van der Waals surface area (Å²) in [5.74, 6) is 0. The van der Waals surface area contributed by atoms with Gasteiger partial charge in [0.05, 0.1) is 0 Å². The van der Waals surface area contributed by atoms with Gasteiger partial charge in [0.2, 0.25) is 0 Å². The van der Waals surface area contributed by atoms with Crippen LogP contribution >= 0.6 is 8.17 Å². The topological polar surface area (TPSA) is 126 Å². The third-order valence-corrected chi connectivity index (χ3v) is 6.88. The Balaban J connectivity index is 1.69. The maximum atomic E-state index is 13.0. The Kier molecular flexibility index (Phi) is 11.3. The van der Waals surface area contributed by atoms with Crippen LogP contribution in [0.2, 0.25) is 0 Å². The molecule has 0 saturated heterocycles. The molecule has 0 aliphatic heterocycles. The Bertz CT molecular complexity index is 1170. The van der Waals surface area contributed by atoms with Crippen LogP contribution < -0.4 is 0 Å². The molecule has 0 heterocycles. The normalized spacial score (nSPS) is 11.9. The molecule has 0 radical (unpaired) electrons. The van der Waals surface area contributed by atoms with Gasteiger partial charge in [0.1, 0.15) is 0 Å². The molecule has 3 rings (SSSR count). The van der Waals surface area contributed by atoms with E-state index >= 15 is 0 Å². The molecule has 0 aliphatic carbocycles. The van der Waals surface area contributed by atoms with Gasteiger partial charge >= 0.3 is 224 Å². The first-order chi connectivity index (χ1) is 18.7. The van der Waals surface area contributed by atoms with Gasteiger partial charge in [0.15, 0.2) is 0 Å². The van der Waals surface area contributed by atoms with Crippen molar-refractivity contribution in [1.29, 1.82) is 0 Å². The first-order valence-electron chi connectivity index (χ1n) is 12.5. The molecule has 0 fully saturated rings. The fourth-order valence-electron chi connectivity index (χ4n) is 3.41. The van der Waals surface area contributed by atoms with Gasteiger partial charge in [-0.25, -0.2) is 0 Å². The molecule has 0 saturated carbocycles. The third-order valence-electron chi connectivity index (χ3n) is 5.30. The predicted octanol–water partition coefficient (Wildman–Crippen LogP) is 7.22. The number of rotatable bonds is 13. The number of hydrogen-bond acceptors (Lipinski definition) is 7. The van der Waals surface area contributed by atoms with Crippen molar-refractivity contribution >= 4 is 20.0 Å². The quantitative estimate of drug-likeness (QED) is 0.103. The summed E-state index contributed by atoms with van der Waals surface area (Å²) in [6, 6.07) is 25.7. The number of carbonyl (C=O) groups is 1. The zero-order valence-corrected chi connectivity index (χ0v) is 23.4. The molecule has 0 aliphatic rings. The van der Waals surface area contributed by atoms with Gasteiger partial charge in [-0.15, -0.1) is 0 Å². The summed E-state index contributed by atoms with van der Waals surface area (Å²) in [5.41, 5.74) is 10.9. The molecule has 0 spiro atoms. The minimum absolute atomic E-state index is 0.0532. The second-order valence-electron chi connectivity index (χ2n) is 9.68. The molecular formula is C28H35N4O6P. The zero-order valence-electron chi connectivity index (χ0n) is 22.4. The van der Waals surface area contributed by atoms with Crippen LogP contribution in [0, 0.1) is 0 Å². The molecule has 0 unspecified atom stereocenters. The number of amides is 1. The number of azide groups is 1. The number of hydrogen-bond donors (Lipinski definition) is 1. The van der Waals surface area contributed by atoms with E-state index in [2.05, 4.69) is 10.0 Å². The second kappa shape index (κ2) is 14.6. The minimum atomic E-state index is -4.10. The fraction of sp³-hybridized carbons (Fsp3) is 0.321. The Morgan fingerprint density at radius 3 is 1.90 bits per heavy atom. The molecule has 10 nitrogen and oxygen atoms in total. The van der Waals surface area contributed by atoms with E-state index in [0.29, 0.717) is 5.69 Å². The third kappa shape index (κ3) is 11.0. The van der Waals surface area contributed by atoms with Gasteiger partial charge in [0.25, 0.3) is 0 Å². The van der Waals surface area contributed by atoms with Gasteiger partial charge in [-0.05, 0) is 0 Å². The van der Waals surface area contributed by atoms with E-state index in [1.54, 1.807) is 45.0 Å². The van der Waals surface area contributed by atoms with Crippen LogP contribution in [0.25, 0.3) is 10.4 Å². The number of benzene rings is 3. The number of carbonyl (C=O) groups excluding carboxylic acids is 1. The standard InChI is InChI=1S/C28H35N4O6P/c1-28(2,3)38-27(33)32(20-23-14-16-26(17-15-23)30-31-29)18-19-35-39(34,36-21-24-10-6-4-7-11-24)37-22-25-12-8-5-9-13-25/h4-17,34,39H,18-22H2,1-3H3. The van der Waals surface area contributed by atoms with Gasteiger partial charge in [-0.2, -0.15) is 0 Å². The van der Waals surface area contributed by atoms with E-state index < -0.39 is 19.9 Å². The van der Waals surface area contributed by atoms with Gasteiger partial charge < -0.3 is 5.53 Å². The molecule has 1 amide bonds. The average molecular weight is 555 g/mol. The SMILES string of the molecule is CC(C)(C)OC(=O)N(CCO[PH](O)(OCc1ccccc1)OCc1ccccc1)Cc1ccc(N=[N+]=[N-])cc1. The maximum absolute atomic E-state index is 13.0. The summed E-state index contributed by atoms with van der Waals surface area (Å²) >= 11 is 0. The van der Waals surface area contributed by atoms with Crippen molar-refractivity contribution in [3.63, 3.8) is 0 Å². The van der Waals surface area contributed by atoms with Crippen molar-refractivity contribution in [2.45, 2.75) is 46.1 Å². The van der Waals surface area contributed by atoms with E-state index in [1.807, 2.05) is 60.7 Å². The molecular weight excluding hydrogens is 519 g/mol. The molecule has 11 heteroatoms. The van der Waals surface area contributed by atoms with E-state index in [-0.39, 0.29) is 32.9 Å². The Hall–Kier alpha value is -3.49. The van der Waals surface area contributed by atoms with Crippen LogP contribution in [0.15, 0.2) is 90.0 Å². The van der Waals surface area contributed by atoms with Crippen molar-refractivity contribution in [3.8, 4) is 0 Å². The second-order valence-corrected chi connectivity index (χ2v) is 11.6. The summed E-state index contributed by atoms with van der Waals surface area (Å²) in [4.78, 5) is 28.5. The van der Waals surface area contributed by atoms with Crippen molar-refractivity contribution in [2.24, 2.45) is 5.11 Å². The summed E-state index contributed by atoms with van der Waals surface area (Å²) < 4.78 is 23.0. The van der Waals surface area contributed by atoms with E-state index in [4.69, 9.17) is 23.8 Å². The van der Waals surface area contributed by atoms with Crippen LogP contribution in [0.1, 0.15) is 37.5 Å². The van der Waals surface area contributed by atoms with Crippen LogP contribution in [0.3, 0.4) is 0 Å². The molecule has 0 aromatic heterocycles. The molecule has 0 bridgehead atoms. The van der Waals surface area contributed by atoms with Crippen molar-refractivity contribution in [3.05, 3.63) is 112 Å². The molecule has 39 heavy (non-hydrogen) atoms. The molecule has 1 N–H and O–H groups in total. The van der Waals surface area contributed by atoms with E-state index in [0.717, 1.165) is 16.7 Å². The van der Waals surface area contributed by atoms with Crippen LogP contribution in [-0.2, 0) is 38.1 Å². The first kappa shape index (κ1) is 30.1. The molecule has 3 aromatic rings. The zero-order chi connectivity index (χ0) is 28.1. The Labute approximate surface area is 229 Å². The van der Waals surface area contributed by atoms with Crippen molar-refractivity contribution in [2.75, 3.05) is 13.2 Å². The molecule has 3 aromatic carbocycles. The summed E-state index contributed by atoms with van der Waals surface area (Å²) in [7, 11) is -4.10. The Morgan fingerprint density at radius 2 is 1.41 bits per heavy atom. The van der Waals surface area contributed by atoms with Crippen LogP contribution in [0.5, 0.6) is 0 Å². The predicted molar refractivity (Wildman–Crippen MR) is 151 cm³/mol. The van der Waals surface area contributed by atoms with Gasteiger partial charge in [-0.1, -0.05) is 0 Å². The number of ether oxygens (including phenoxy) is 1. The monoisotopic (exact) mass is 554 g/mol. The number of nitrogens with zero attached hydrogens (tertiary/aromatic N) is 4. The van der Waals surface area contributed by atoms with Crippen molar-refractivity contribution < 1.29 is 28.0 Å². The van der Waals surface area contributed by atoms with E-state index in [1.165, 1.54) is 4.90 Å². The first-order valence-corrected chi connectivity index (χ1v) is 14.2. The van der Waals surface area contributed by atoms with Crippen LogP contribution in [0.4, 0.5) is 10.5 Å². The van der Waals surface area contributed by atoms with E-state index in [9.17, 15) is 9.69 Å². The average Bonchev–Trinajstić information content (AvgIpc) is 2.92. The van der Waals surface area contributed by atoms with Crippen molar-refractivity contribution in [1.82, 2.24) is 4.90 Å². The van der Waals surface area contributed by atoms with Gasteiger partial charge in [0, 0.05) is 0 Å². The molecule has 0 atom stereocenters. The molecule has 208 valence electrons. The summed E-state index contributed by atoms with van der Waals surface area (Å²) in [6.45, 7) is 5.83. The summed E-state index contributed by atoms with van der Waals surface area (Å²) in [6.07, 6.45) is -0.536. The fourth-order valence-corrected chi connectivity index (χ4v) is 4.71. The summed E-state index contributed by atoms with van der Waals surface area (Å²) in [5, 5.41) is 3.57. The van der Waals surface area contributed by atoms with Gasteiger partial charge in [-0.3, -0.25) is 0 Å². The van der Waals surface area contributed by atoms with Crippen LogP contribution in [-0.4, -0.2) is 34.6 Å².